The van der Waals surface area contributed by atoms with Crippen LogP contribution in [-0.2, 0) is 27.7 Å². The van der Waals surface area contributed by atoms with E-state index in [1.165, 1.54) is 17.2 Å². The van der Waals surface area contributed by atoms with Crippen molar-refractivity contribution in [1.82, 2.24) is 5.32 Å². The van der Waals surface area contributed by atoms with Crippen molar-refractivity contribution >= 4 is 44.8 Å². The van der Waals surface area contributed by atoms with Crippen molar-refractivity contribution in [3.8, 4) is 0 Å². The summed E-state index contributed by atoms with van der Waals surface area (Å²) < 4.78 is 25.5. The zero-order valence-electron chi connectivity index (χ0n) is 15.7. The molecule has 0 heterocycles. The van der Waals surface area contributed by atoms with Gasteiger partial charge in [0.15, 0.2) is 0 Å². The Kier molecular flexibility index (Phi) is 6.22. The minimum absolute atomic E-state index is 0.0917. The smallest absolute Gasteiger partial charge is 0.241 e. The standard InChI is InChI=1S/C20H22Cl2N2O3S/c1-13(15-10-9-14-5-3-6-16(14)11-15)23-19(25)12-24(28(2,26)27)18-8-4-7-17(21)20(18)22/h4,7-11,13H,3,5-6,12H2,1-2H3,(H,23,25)/t13-/m0/s1. The van der Waals surface area contributed by atoms with Gasteiger partial charge in [-0.15, -0.1) is 0 Å². The number of nitrogens with one attached hydrogen (secondary N) is 1. The van der Waals surface area contributed by atoms with Crippen molar-refractivity contribution < 1.29 is 13.2 Å². The lowest BCUT2D eigenvalue weighted by Crippen LogP contribution is -2.41. The van der Waals surface area contributed by atoms with Crippen molar-refractivity contribution in [1.29, 1.82) is 0 Å². The Hall–Kier alpha value is -1.76. The van der Waals surface area contributed by atoms with Gasteiger partial charge in [0, 0.05) is 0 Å². The Labute approximate surface area is 175 Å². The summed E-state index contributed by atoms with van der Waals surface area (Å²) in [6.45, 7) is 1.50. The van der Waals surface area contributed by atoms with Crippen molar-refractivity contribution in [3.05, 3.63) is 63.1 Å². The van der Waals surface area contributed by atoms with E-state index in [0.717, 1.165) is 35.4 Å². The maximum absolute atomic E-state index is 12.6. The molecule has 0 fully saturated rings. The second kappa shape index (κ2) is 8.31. The zero-order valence-corrected chi connectivity index (χ0v) is 18.0. The van der Waals surface area contributed by atoms with Crippen LogP contribution in [0.1, 0.15) is 36.1 Å². The number of anilines is 1. The van der Waals surface area contributed by atoms with Crippen LogP contribution in [0.4, 0.5) is 5.69 Å². The first-order valence-corrected chi connectivity index (χ1v) is 11.6. The van der Waals surface area contributed by atoms with Crippen molar-refractivity contribution in [2.24, 2.45) is 0 Å². The summed E-state index contributed by atoms with van der Waals surface area (Å²) in [7, 11) is -3.73. The molecule has 0 spiro atoms. The molecule has 150 valence electrons. The number of hydrogen-bond acceptors (Lipinski definition) is 3. The van der Waals surface area contributed by atoms with Crippen LogP contribution in [0, 0.1) is 0 Å². The van der Waals surface area contributed by atoms with Gasteiger partial charge in [-0.2, -0.15) is 0 Å². The van der Waals surface area contributed by atoms with E-state index in [9.17, 15) is 13.2 Å². The highest BCUT2D eigenvalue weighted by Gasteiger charge is 2.25. The number of carbonyl (C=O) groups excluding carboxylic acids is 1. The van der Waals surface area contributed by atoms with E-state index >= 15 is 0 Å². The van der Waals surface area contributed by atoms with Gasteiger partial charge in [-0.1, -0.05) is 47.5 Å². The summed E-state index contributed by atoms with van der Waals surface area (Å²) in [6.07, 6.45) is 4.34. The van der Waals surface area contributed by atoms with Crippen LogP contribution < -0.4 is 9.62 Å². The molecule has 0 unspecified atom stereocenters. The molecule has 1 N–H and O–H groups in total. The summed E-state index contributed by atoms with van der Waals surface area (Å²) in [5, 5.41) is 3.19. The molecule has 2 aromatic rings. The quantitative estimate of drug-likeness (QED) is 0.733. The first-order valence-electron chi connectivity index (χ1n) is 8.99. The third kappa shape index (κ3) is 4.62. The molecule has 0 aliphatic heterocycles. The summed E-state index contributed by atoms with van der Waals surface area (Å²) in [5.41, 5.74) is 3.86. The number of halogens is 2. The molecule has 0 aromatic heterocycles. The lowest BCUT2D eigenvalue weighted by Gasteiger charge is -2.24. The van der Waals surface area contributed by atoms with Gasteiger partial charge < -0.3 is 5.32 Å². The van der Waals surface area contributed by atoms with E-state index < -0.39 is 15.9 Å². The number of nitrogens with zero attached hydrogens (tertiary/aromatic N) is 1. The second-order valence-electron chi connectivity index (χ2n) is 7.01. The Balaban J connectivity index is 1.76. The summed E-state index contributed by atoms with van der Waals surface area (Å²) in [6, 6.07) is 10.7. The molecule has 28 heavy (non-hydrogen) atoms. The van der Waals surface area contributed by atoms with Crippen LogP contribution in [0.15, 0.2) is 36.4 Å². The number of fused-ring (bicyclic) bond motifs is 1. The van der Waals surface area contributed by atoms with Gasteiger partial charge in [-0.3, -0.25) is 9.10 Å². The first-order chi connectivity index (χ1) is 13.2. The van der Waals surface area contributed by atoms with Crippen molar-refractivity contribution in [2.45, 2.75) is 32.2 Å². The average Bonchev–Trinajstić information content (AvgIpc) is 3.09. The molecule has 1 atom stereocenters. The maximum Gasteiger partial charge on any atom is 0.241 e. The second-order valence-corrected chi connectivity index (χ2v) is 9.71. The largest absolute Gasteiger partial charge is 0.348 e. The molecule has 2 aromatic carbocycles. The number of rotatable bonds is 6. The van der Waals surface area contributed by atoms with Gasteiger partial charge in [0.25, 0.3) is 0 Å². The lowest BCUT2D eigenvalue weighted by atomic mass is 10.0. The van der Waals surface area contributed by atoms with Crippen molar-refractivity contribution in [2.75, 3.05) is 17.1 Å². The van der Waals surface area contributed by atoms with Crippen LogP contribution in [0.3, 0.4) is 0 Å². The van der Waals surface area contributed by atoms with E-state index in [4.69, 9.17) is 23.2 Å². The molecule has 1 amide bonds. The molecular formula is C20H22Cl2N2O3S. The molecule has 3 rings (SSSR count). The molecular weight excluding hydrogens is 419 g/mol. The third-order valence-corrected chi connectivity index (χ3v) is 6.82. The van der Waals surface area contributed by atoms with Gasteiger partial charge in [0.05, 0.1) is 28.0 Å². The normalized spacial score (nSPS) is 14.4. The van der Waals surface area contributed by atoms with Gasteiger partial charge in [0.1, 0.15) is 6.54 Å². The first kappa shape index (κ1) is 21.0. The Morgan fingerprint density at radius 1 is 1.18 bits per heavy atom. The number of aryl methyl sites for hydroxylation is 2. The minimum atomic E-state index is -3.73. The third-order valence-electron chi connectivity index (χ3n) is 4.89. The number of carbonyl (C=O) groups is 1. The Bertz CT molecular complexity index is 1010. The van der Waals surface area contributed by atoms with Crippen LogP contribution in [-0.4, -0.2) is 27.1 Å². The molecule has 0 saturated carbocycles. The van der Waals surface area contributed by atoms with E-state index in [0.29, 0.717) is 0 Å². The van der Waals surface area contributed by atoms with Gasteiger partial charge in [-0.25, -0.2) is 8.42 Å². The predicted octanol–water partition coefficient (Wildman–Crippen LogP) is 4.13. The topological polar surface area (TPSA) is 66.5 Å². The predicted molar refractivity (Wildman–Crippen MR) is 114 cm³/mol. The van der Waals surface area contributed by atoms with Crippen LogP contribution in [0.2, 0.25) is 10.0 Å². The van der Waals surface area contributed by atoms with E-state index in [1.807, 2.05) is 13.0 Å². The number of benzene rings is 2. The van der Waals surface area contributed by atoms with E-state index in [2.05, 4.69) is 17.4 Å². The summed E-state index contributed by atoms with van der Waals surface area (Å²) >= 11 is 12.2. The number of sulfonamides is 1. The van der Waals surface area contributed by atoms with E-state index in [-0.39, 0.29) is 28.3 Å². The summed E-state index contributed by atoms with van der Waals surface area (Å²) in [5.74, 6) is -0.422. The zero-order chi connectivity index (χ0) is 20.5. The van der Waals surface area contributed by atoms with Crippen LogP contribution >= 0.6 is 23.2 Å². The fraction of sp³-hybridized carbons (Fsp3) is 0.350. The molecule has 5 nitrogen and oxygen atoms in total. The summed E-state index contributed by atoms with van der Waals surface area (Å²) in [4.78, 5) is 12.6. The SMILES string of the molecule is C[C@H](NC(=O)CN(c1cccc(Cl)c1Cl)S(C)(=O)=O)c1ccc2c(c1)CCC2. The minimum Gasteiger partial charge on any atom is -0.348 e. The molecule has 0 saturated heterocycles. The van der Waals surface area contributed by atoms with Crippen LogP contribution in [0.5, 0.6) is 0 Å². The molecule has 1 aliphatic rings. The monoisotopic (exact) mass is 440 g/mol. The van der Waals surface area contributed by atoms with Gasteiger partial charge in [-0.05, 0) is 55.0 Å². The van der Waals surface area contributed by atoms with Crippen molar-refractivity contribution in [3.63, 3.8) is 0 Å². The highest BCUT2D eigenvalue weighted by Crippen LogP contribution is 2.33. The Morgan fingerprint density at radius 2 is 1.89 bits per heavy atom. The number of amides is 1. The molecule has 0 radical (unpaired) electrons. The maximum atomic E-state index is 12.6. The Morgan fingerprint density at radius 3 is 2.61 bits per heavy atom. The molecule has 0 bridgehead atoms. The highest BCUT2D eigenvalue weighted by molar-refractivity contribution is 7.92. The van der Waals surface area contributed by atoms with Crippen LogP contribution in [0.25, 0.3) is 0 Å². The van der Waals surface area contributed by atoms with Gasteiger partial charge >= 0.3 is 0 Å². The highest BCUT2D eigenvalue weighted by atomic mass is 35.5. The fourth-order valence-electron chi connectivity index (χ4n) is 3.43. The molecule has 8 heteroatoms. The van der Waals surface area contributed by atoms with E-state index in [1.54, 1.807) is 12.1 Å². The number of hydrogen-bond donors (Lipinski definition) is 1. The molecule has 1 aliphatic carbocycles. The average molecular weight is 441 g/mol. The fourth-order valence-corrected chi connectivity index (χ4v) is 4.74. The lowest BCUT2D eigenvalue weighted by molar-refractivity contribution is -0.120. The van der Waals surface area contributed by atoms with Gasteiger partial charge in [0.2, 0.25) is 15.9 Å².